The Morgan fingerprint density at radius 1 is 1.35 bits per heavy atom. The SMILES string of the molecule is CC(NCCC(C)(C)C)c1ccc(Br)cc1Cl. The van der Waals surface area contributed by atoms with E-state index in [0.29, 0.717) is 5.41 Å². The van der Waals surface area contributed by atoms with Gasteiger partial charge in [-0.2, -0.15) is 0 Å². The second kappa shape index (κ2) is 6.21. The van der Waals surface area contributed by atoms with E-state index in [1.165, 1.54) is 0 Å². The second-order valence-corrected chi connectivity index (χ2v) is 6.98. The molecule has 1 nitrogen and oxygen atoms in total. The fraction of sp³-hybridized carbons (Fsp3) is 0.571. The molecule has 0 radical (unpaired) electrons. The molecule has 0 saturated carbocycles. The third kappa shape index (κ3) is 5.41. The van der Waals surface area contributed by atoms with Crippen molar-refractivity contribution in [2.45, 2.75) is 40.2 Å². The molecule has 96 valence electrons. The second-order valence-electron chi connectivity index (χ2n) is 5.65. The van der Waals surface area contributed by atoms with Crippen LogP contribution in [0.25, 0.3) is 0 Å². The van der Waals surface area contributed by atoms with Crippen molar-refractivity contribution >= 4 is 27.5 Å². The Labute approximate surface area is 118 Å². The Bertz CT molecular complexity index is 371. The van der Waals surface area contributed by atoms with Crippen LogP contribution in [0.1, 0.15) is 45.7 Å². The maximum atomic E-state index is 6.22. The van der Waals surface area contributed by atoms with E-state index in [9.17, 15) is 0 Å². The third-order valence-corrected chi connectivity index (χ3v) is 3.58. The fourth-order valence-corrected chi connectivity index (χ4v) is 2.46. The van der Waals surface area contributed by atoms with Gasteiger partial charge >= 0.3 is 0 Å². The summed E-state index contributed by atoms with van der Waals surface area (Å²) in [7, 11) is 0. The topological polar surface area (TPSA) is 12.0 Å². The van der Waals surface area contributed by atoms with Crippen molar-refractivity contribution in [3.05, 3.63) is 33.3 Å². The molecular weight excluding hydrogens is 298 g/mol. The van der Waals surface area contributed by atoms with Crippen LogP contribution in [0.4, 0.5) is 0 Å². The van der Waals surface area contributed by atoms with Crippen molar-refractivity contribution in [3.8, 4) is 0 Å². The first-order chi connectivity index (χ1) is 7.79. The van der Waals surface area contributed by atoms with Crippen LogP contribution in [0.15, 0.2) is 22.7 Å². The maximum Gasteiger partial charge on any atom is 0.0464 e. The van der Waals surface area contributed by atoms with Gasteiger partial charge in [-0.15, -0.1) is 0 Å². The summed E-state index contributed by atoms with van der Waals surface area (Å²) in [6.07, 6.45) is 1.16. The van der Waals surface area contributed by atoms with Gasteiger partial charge in [0.2, 0.25) is 0 Å². The largest absolute Gasteiger partial charge is 0.310 e. The molecule has 0 saturated heterocycles. The quantitative estimate of drug-likeness (QED) is 0.805. The lowest BCUT2D eigenvalue weighted by Gasteiger charge is -2.21. The summed E-state index contributed by atoms with van der Waals surface area (Å²) in [5, 5.41) is 4.33. The molecule has 0 bridgehead atoms. The molecule has 0 aliphatic carbocycles. The van der Waals surface area contributed by atoms with Gasteiger partial charge < -0.3 is 5.32 Å². The highest BCUT2D eigenvalue weighted by Crippen LogP contribution is 2.26. The zero-order valence-corrected chi connectivity index (χ0v) is 13.3. The van der Waals surface area contributed by atoms with Crippen molar-refractivity contribution in [2.24, 2.45) is 5.41 Å². The smallest absolute Gasteiger partial charge is 0.0464 e. The number of nitrogens with one attached hydrogen (secondary N) is 1. The normalized spacial score (nSPS) is 13.8. The first kappa shape index (κ1) is 15.0. The molecule has 0 amide bonds. The molecular formula is C14H21BrClN. The summed E-state index contributed by atoms with van der Waals surface area (Å²) >= 11 is 9.64. The van der Waals surface area contributed by atoms with Crippen molar-refractivity contribution in [3.63, 3.8) is 0 Å². The Balaban J connectivity index is 2.55. The van der Waals surface area contributed by atoms with Gasteiger partial charge in [0.1, 0.15) is 0 Å². The van der Waals surface area contributed by atoms with Crippen LogP contribution in [0.5, 0.6) is 0 Å². The monoisotopic (exact) mass is 317 g/mol. The predicted molar refractivity (Wildman–Crippen MR) is 79.6 cm³/mol. The number of hydrogen-bond acceptors (Lipinski definition) is 1. The molecule has 0 aromatic heterocycles. The minimum atomic E-state index is 0.290. The first-order valence-corrected chi connectivity index (χ1v) is 7.15. The van der Waals surface area contributed by atoms with Gasteiger partial charge in [0.05, 0.1) is 0 Å². The van der Waals surface area contributed by atoms with Crippen LogP contribution in [0, 0.1) is 5.41 Å². The number of hydrogen-bond donors (Lipinski definition) is 1. The van der Waals surface area contributed by atoms with Crippen LogP contribution in [0.3, 0.4) is 0 Å². The van der Waals surface area contributed by atoms with Gasteiger partial charge in [0.15, 0.2) is 0 Å². The molecule has 1 unspecified atom stereocenters. The highest BCUT2D eigenvalue weighted by atomic mass is 79.9. The molecule has 1 aromatic rings. The van der Waals surface area contributed by atoms with E-state index in [0.717, 1.165) is 28.0 Å². The molecule has 0 aliphatic heterocycles. The Morgan fingerprint density at radius 2 is 2.00 bits per heavy atom. The molecule has 1 aromatic carbocycles. The van der Waals surface area contributed by atoms with Crippen molar-refractivity contribution in [1.29, 1.82) is 0 Å². The van der Waals surface area contributed by atoms with Crippen molar-refractivity contribution in [1.82, 2.24) is 5.32 Å². The van der Waals surface area contributed by atoms with E-state index >= 15 is 0 Å². The van der Waals surface area contributed by atoms with Gasteiger partial charge in [0.25, 0.3) is 0 Å². The number of halogens is 2. The number of rotatable bonds is 4. The molecule has 0 aliphatic rings. The van der Waals surface area contributed by atoms with E-state index in [4.69, 9.17) is 11.6 Å². The van der Waals surface area contributed by atoms with E-state index in [1.807, 2.05) is 12.1 Å². The molecule has 0 fully saturated rings. The highest BCUT2D eigenvalue weighted by Gasteiger charge is 2.12. The molecule has 1 N–H and O–H groups in total. The van der Waals surface area contributed by atoms with Crippen molar-refractivity contribution < 1.29 is 0 Å². The molecule has 0 heterocycles. The van der Waals surface area contributed by atoms with Crippen molar-refractivity contribution in [2.75, 3.05) is 6.54 Å². The van der Waals surface area contributed by atoms with E-state index in [-0.39, 0.29) is 6.04 Å². The maximum absolute atomic E-state index is 6.22. The zero-order valence-electron chi connectivity index (χ0n) is 11.0. The Kier molecular flexibility index (Phi) is 5.49. The lowest BCUT2D eigenvalue weighted by atomic mass is 9.92. The third-order valence-electron chi connectivity index (χ3n) is 2.75. The van der Waals surface area contributed by atoms with Gasteiger partial charge in [-0.3, -0.25) is 0 Å². The molecule has 0 spiro atoms. The fourth-order valence-electron chi connectivity index (χ4n) is 1.63. The predicted octanol–water partition coefficient (Wildman–Crippen LogP) is 5.19. The van der Waals surface area contributed by atoms with Crippen LogP contribution in [-0.2, 0) is 0 Å². The van der Waals surface area contributed by atoms with Crippen LogP contribution < -0.4 is 5.32 Å². The molecule has 1 rings (SSSR count). The molecule has 1 atom stereocenters. The Morgan fingerprint density at radius 3 is 2.53 bits per heavy atom. The average Bonchev–Trinajstić information content (AvgIpc) is 2.15. The van der Waals surface area contributed by atoms with Gasteiger partial charge in [-0.25, -0.2) is 0 Å². The number of benzene rings is 1. The van der Waals surface area contributed by atoms with Crippen LogP contribution in [-0.4, -0.2) is 6.54 Å². The minimum absolute atomic E-state index is 0.290. The van der Waals surface area contributed by atoms with Crippen LogP contribution in [0.2, 0.25) is 5.02 Å². The Hall–Kier alpha value is -0.0500. The lowest BCUT2D eigenvalue weighted by molar-refractivity contribution is 0.358. The average molecular weight is 319 g/mol. The zero-order chi connectivity index (χ0) is 13.1. The van der Waals surface area contributed by atoms with E-state index < -0.39 is 0 Å². The summed E-state index contributed by atoms with van der Waals surface area (Å²) in [6, 6.07) is 6.33. The highest BCUT2D eigenvalue weighted by molar-refractivity contribution is 9.10. The van der Waals surface area contributed by atoms with Gasteiger partial charge in [0, 0.05) is 15.5 Å². The lowest BCUT2D eigenvalue weighted by Crippen LogP contribution is -2.23. The summed E-state index contributed by atoms with van der Waals surface area (Å²) < 4.78 is 1.02. The van der Waals surface area contributed by atoms with Gasteiger partial charge in [-0.1, -0.05) is 54.4 Å². The summed E-state index contributed by atoms with van der Waals surface area (Å²) in [5.41, 5.74) is 1.53. The first-order valence-electron chi connectivity index (χ1n) is 5.98. The summed E-state index contributed by atoms with van der Waals surface area (Å²) in [6.45, 7) is 9.93. The molecule has 3 heteroatoms. The van der Waals surface area contributed by atoms with Gasteiger partial charge in [-0.05, 0) is 43.0 Å². The van der Waals surface area contributed by atoms with E-state index in [2.05, 4.69) is 55.0 Å². The standard InChI is InChI=1S/C14H21BrClN/c1-10(17-8-7-14(2,3)4)12-6-5-11(15)9-13(12)16/h5-6,9-10,17H,7-8H2,1-4H3. The van der Waals surface area contributed by atoms with Crippen LogP contribution >= 0.6 is 27.5 Å². The van der Waals surface area contributed by atoms with E-state index in [1.54, 1.807) is 0 Å². The molecule has 17 heavy (non-hydrogen) atoms. The summed E-state index contributed by atoms with van der Waals surface area (Å²) in [4.78, 5) is 0. The summed E-state index contributed by atoms with van der Waals surface area (Å²) in [5.74, 6) is 0. The minimum Gasteiger partial charge on any atom is -0.310 e.